The van der Waals surface area contributed by atoms with Crippen molar-refractivity contribution in [2.75, 3.05) is 11.4 Å². The number of amides is 3. The Labute approximate surface area is 152 Å². The number of anilines is 1. The highest BCUT2D eigenvalue weighted by Gasteiger charge is 2.44. The summed E-state index contributed by atoms with van der Waals surface area (Å²) in [5, 5.41) is 0. The molecule has 2 heterocycles. The Bertz CT molecular complexity index is 814. The predicted octanol–water partition coefficient (Wildman–Crippen LogP) is 3.00. The first kappa shape index (κ1) is 17.2. The van der Waals surface area contributed by atoms with Gasteiger partial charge in [-0.25, -0.2) is 4.90 Å². The van der Waals surface area contributed by atoms with Crippen LogP contribution in [-0.2, 0) is 9.59 Å². The van der Waals surface area contributed by atoms with E-state index in [1.54, 1.807) is 30.3 Å². The third-order valence-electron chi connectivity index (χ3n) is 3.90. The number of hydrogen-bond acceptors (Lipinski definition) is 4. The van der Waals surface area contributed by atoms with Crippen molar-refractivity contribution in [1.82, 2.24) is 4.90 Å². The highest BCUT2D eigenvalue weighted by molar-refractivity contribution is 9.10. The van der Waals surface area contributed by atoms with Gasteiger partial charge in [0.25, 0.3) is 11.8 Å². The van der Waals surface area contributed by atoms with Crippen LogP contribution in [0.1, 0.15) is 17.0 Å². The van der Waals surface area contributed by atoms with Crippen LogP contribution in [0, 0.1) is 0 Å². The van der Waals surface area contributed by atoms with E-state index in [4.69, 9.17) is 4.42 Å². The van der Waals surface area contributed by atoms with Crippen LogP contribution >= 0.6 is 15.9 Å². The van der Waals surface area contributed by atoms with Gasteiger partial charge in [0, 0.05) is 11.0 Å². The third-order valence-corrected chi connectivity index (χ3v) is 4.43. The fourth-order valence-electron chi connectivity index (χ4n) is 2.75. The molecule has 25 heavy (non-hydrogen) atoms. The first-order valence-corrected chi connectivity index (χ1v) is 8.40. The van der Waals surface area contributed by atoms with Crippen molar-refractivity contribution < 1.29 is 18.8 Å². The van der Waals surface area contributed by atoms with Crippen LogP contribution in [0.25, 0.3) is 0 Å². The monoisotopic (exact) mass is 402 g/mol. The zero-order valence-electron chi connectivity index (χ0n) is 13.2. The molecule has 1 saturated heterocycles. The van der Waals surface area contributed by atoms with E-state index in [1.807, 2.05) is 0 Å². The van der Waals surface area contributed by atoms with E-state index in [1.165, 1.54) is 23.3 Å². The van der Waals surface area contributed by atoms with Crippen LogP contribution < -0.4 is 4.90 Å². The van der Waals surface area contributed by atoms with Gasteiger partial charge < -0.3 is 9.32 Å². The quantitative estimate of drug-likeness (QED) is 0.569. The summed E-state index contributed by atoms with van der Waals surface area (Å²) in [5.74, 6) is -1.12. The molecule has 1 atom stereocenters. The number of rotatable bonds is 5. The molecule has 3 amide bonds. The second-order valence-electron chi connectivity index (χ2n) is 5.49. The van der Waals surface area contributed by atoms with E-state index in [-0.39, 0.29) is 24.6 Å². The molecular formula is C18H15BrN2O4. The molecule has 0 aliphatic carbocycles. The zero-order valence-corrected chi connectivity index (χ0v) is 14.8. The molecule has 3 rings (SSSR count). The Morgan fingerprint density at radius 1 is 1.32 bits per heavy atom. The molecule has 7 heteroatoms. The van der Waals surface area contributed by atoms with Gasteiger partial charge in [-0.15, -0.1) is 6.58 Å². The molecule has 1 fully saturated rings. The van der Waals surface area contributed by atoms with Crippen molar-refractivity contribution in [1.29, 1.82) is 0 Å². The van der Waals surface area contributed by atoms with Crippen LogP contribution in [0.15, 0.2) is 64.2 Å². The molecule has 6 nitrogen and oxygen atoms in total. The summed E-state index contributed by atoms with van der Waals surface area (Å²) in [6, 6.07) is 9.08. The van der Waals surface area contributed by atoms with E-state index in [0.717, 1.165) is 9.37 Å². The Balaban J connectivity index is 1.89. The predicted molar refractivity (Wildman–Crippen MR) is 95.0 cm³/mol. The average Bonchev–Trinajstić information content (AvgIpc) is 3.22. The minimum Gasteiger partial charge on any atom is -0.459 e. The largest absolute Gasteiger partial charge is 0.459 e. The first-order chi connectivity index (χ1) is 12.0. The van der Waals surface area contributed by atoms with E-state index < -0.39 is 17.9 Å². The Hall–Kier alpha value is -2.67. The van der Waals surface area contributed by atoms with Gasteiger partial charge in [0.2, 0.25) is 5.91 Å². The van der Waals surface area contributed by atoms with Crippen LogP contribution in [0.2, 0.25) is 0 Å². The van der Waals surface area contributed by atoms with Crippen LogP contribution in [0.4, 0.5) is 5.69 Å². The van der Waals surface area contributed by atoms with Gasteiger partial charge in [-0.3, -0.25) is 14.4 Å². The highest BCUT2D eigenvalue weighted by Crippen LogP contribution is 2.27. The zero-order chi connectivity index (χ0) is 18.0. The summed E-state index contributed by atoms with van der Waals surface area (Å²) >= 11 is 3.32. The number of imide groups is 1. The lowest BCUT2D eigenvalue weighted by Crippen LogP contribution is -2.45. The smallest absolute Gasteiger partial charge is 0.290 e. The summed E-state index contributed by atoms with van der Waals surface area (Å²) in [6.07, 6.45) is 2.82. The molecule has 1 aromatic heterocycles. The van der Waals surface area contributed by atoms with Gasteiger partial charge in [-0.2, -0.15) is 0 Å². The number of benzene rings is 1. The number of furan rings is 1. The first-order valence-electron chi connectivity index (χ1n) is 7.60. The molecule has 128 valence electrons. The second kappa shape index (κ2) is 7.06. The fraction of sp³-hybridized carbons (Fsp3) is 0.167. The van der Waals surface area contributed by atoms with Crippen molar-refractivity contribution in [3.63, 3.8) is 0 Å². The van der Waals surface area contributed by atoms with E-state index >= 15 is 0 Å². The fourth-order valence-corrected chi connectivity index (χ4v) is 3.02. The van der Waals surface area contributed by atoms with Gasteiger partial charge in [0.05, 0.1) is 18.4 Å². The van der Waals surface area contributed by atoms with Gasteiger partial charge in [-0.1, -0.05) is 22.0 Å². The Kier molecular flexibility index (Phi) is 4.85. The molecule has 0 bridgehead atoms. The topological polar surface area (TPSA) is 70.8 Å². The molecule has 1 aliphatic heterocycles. The summed E-state index contributed by atoms with van der Waals surface area (Å²) < 4.78 is 5.97. The molecule has 0 N–H and O–H groups in total. The Morgan fingerprint density at radius 2 is 2.04 bits per heavy atom. The van der Waals surface area contributed by atoms with Crippen molar-refractivity contribution >= 4 is 39.3 Å². The van der Waals surface area contributed by atoms with Crippen molar-refractivity contribution in [3.05, 3.63) is 65.5 Å². The molecule has 0 radical (unpaired) electrons. The number of carbonyl (C=O) groups excluding carboxylic acids is 3. The number of carbonyl (C=O) groups is 3. The lowest BCUT2D eigenvalue weighted by molar-refractivity contribution is -0.122. The summed E-state index contributed by atoms with van der Waals surface area (Å²) in [6.45, 7) is 3.76. The molecule has 0 spiro atoms. The van der Waals surface area contributed by atoms with Crippen molar-refractivity contribution in [2.24, 2.45) is 0 Å². The van der Waals surface area contributed by atoms with E-state index in [9.17, 15) is 14.4 Å². The SMILES string of the molecule is C=CCN(C(=O)c1ccco1)C1CC(=O)N(c2ccc(Br)cc2)C1=O. The summed E-state index contributed by atoms with van der Waals surface area (Å²) in [5.41, 5.74) is 0.477. The lowest BCUT2D eigenvalue weighted by Gasteiger charge is -2.25. The van der Waals surface area contributed by atoms with Crippen LogP contribution in [0.3, 0.4) is 0 Å². The molecule has 0 saturated carbocycles. The molecule has 1 aromatic carbocycles. The number of halogens is 1. The summed E-state index contributed by atoms with van der Waals surface area (Å²) in [7, 11) is 0. The lowest BCUT2D eigenvalue weighted by atomic mass is 10.2. The van der Waals surface area contributed by atoms with Crippen LogP contribution in [0.5, 0.6) is 0 Å². The van der Waals surface area contributed by atoms with Crippen molar-refractivity contribution in [3.8, 4) is 0 Å². The summed E-state index contributed by atoms with van der Waals surface area (Å²) in [4.78, 5) is 40.3. The number of hydrogen-bond donors (Lipinski definition) is 0. The minimum absolute atomic E-state index is 0.0742. The van der Waals surface area contributed by atoms with Gasteiger partial charge in [0.15, 0.2) is 5.76 Å². The van der Waals surface area contributed by atoms with Gasteiger partial charge >= 0.3 is 0 Å². The maximum absolute atomic E-state index is 12.8. The highest BCUT2D eigenvalue weighted by atomic mass is 79.9. The number of nitrogens with zero attached hydrogens (tertiary/aromatic N) is 2. The van der Waals surface area contributed by atoms with Crippen molar-refractivity contribution in [2.45, 2.75) is 12.5 Å². The normalized spacial score (nSPS) is 17.0. The maximum atomic E-state index is 12.8. The van der Waals surface area contributed by atoms with Gasteiger partial charge in [-0.05, 0) is 36.4 Å². The molecular weight excluding hydrogens is 388 g/mol. The van der Waals surface area contributed by atoms with E-state index in [0.29, 0.717) is 5.69 Å². The third kappa shape index (κ3) is 3.28. The molecule has 1 unspecified atom stereocenters. The molecule has 2 aromatic rings. The minimum atomic E-state index is -0.883. The standard InChI is InChI=1S/C18H15BrN2O4/c1-2-9-20(18(24)15-4-3-10-25-15)14-11-16(22)21(17(14)23)13-7-5-12(19)6-8-13/h2-8,10,14H,1,9,11H2. The van der Waals surface area contributed by atoms with Crippen LogP contribution in [-0.4, -0.2) is 35.2 Å². The van der Waals surface area contributed by atoms with E-state index in [2.05, 4.69) is 22.5 Å². The van der Waals surface area contributed by atoms with Gasteiger partial charge in [0.1, 0.15) is 6.04 Å². The average molecular weight is 403 g/mol. The molecule has 1 aliphatic rings. The Morgan fingerprint density at radius 3 is 2.64 bits per heavy atom. The maximum Gasteiger partial charge on any atom is 0.290 e. The second-order valence-corrected chi connectivity index (χ2v) is 6.40.